The number of rotatable bonds is 3. The summed E-state index contributed by atoms with van der Waals surface area (Å²) in [7, 11) is 0. The van der Waals surface area contributed by atoms with E-state index in [1.165, 1.54) is 5.56 Å². The summed E-state index contributed by atoms with van der Waals surface area (Å²) in [5.41, 5.74) is 10.1. The minimum Gasteiger partial charge on any atom is -0.507 e. The fourth-order valence-electron chi connectivity index (χ4n) is 3.43. The summed E-state index contributed by atoms with van der Waals surface area (Å²) < 4.78 is 0. The van der Waals surface area contributed by atoms with Crippen molar-refractivity contribution in [2.24, 2.45) is 0 Å². The molecule has 1 aliphatic heterocycles. The molecule has 0 amide bonds. The van der Waals surface area contributed by atoms with Crippen LogP contribution in [0.4, 0.5) is 5.82 Å². The first-order valence-electron chi connectivity index (χ1n) is 8.81. The number of nitrogens with zero attached hydrogens (tertiary/aromatic N) is 3. The Hall–Kier alpha value is -2.99. The van der Waals surface area contributed by atoms with Crippen LogP contribution in [0, 0.1) is 0 Å². The molecule has 0 aliphatic carbocycles. The van der Waals surface area contributed by atoms with Gasteiger partial charge in [0.1, 0.15) is 5.75 Å². The molecule has 4 rings (SSSR count). The Bertz CT molecular complexity index is 922. The molecule has 6 nitrogen and oxygen atoms in total. The smallest absolute Gasteiger partial charge is 0.155 e. The van der Waals surface area contributed by atoms with E-state index < -0.39 is 0 Å². The molecule has 132 valence electrons. The average molecular weight is 347 g/mol. The lowest BCUT2D eigenvalue weighted by molar-refractivity contribution is 0.460. The second-order valence-electron chi connectivity index (χ2n) is 6.54. The lowest BCUT2D eigenvalue weighted by Crippen LogP contribution is -2.26. The average Bonchev–Trinajstić information content (AvgIpc) is 2.70. The molecule has 4 N–H and O–H groups in total. The first-order chi connectivity index (χ1) is 12.7. The molecule has 0 spiro atoms. The normalized spacial score (nSPS) is 15.1. The van der Waals surface area contributed by atoms with Crippen molar-refractivity contribution >= 4 is 5.82 Å². The fraction of sp³-hybridized carbons (Fsp3) is 0.250. The van der Waals surface area contributed by atoms with Crippen molar-refractivity contribution in [2.45, 2.75) is 18.8 Å². The number of hydrogen-bond donors (Lipinski definition) is 3. The van der Waals surface area contributed by atoms with Crippen molar-refractivity contribution in [1.29, 1.82) is 0 Å². The highest BCUT2D eigenvalue weighted by Gasteiger charge is 2.17. The number of phenols is 1. The van der Waals surface area contributed by atoms with Crippen LogP contribution in [0.3, 0.4) is 0 Å². The first kappa shape index (κ1) is 16.5. The summed E-state index contributed by atoms with van der Waals surface area (Å²) in [6, 6.07) is 13.1. The maximum Gasteiger partial charge on any atom is 0.155 e. The number of hydrogen-bond acceptors (Lipinski definition) is 6. The molecule has 1 aliphatic rings. The molecule has 3 aromatic rings. The van der Waals surface area contributed by atoms with Gasteiger partial charge < -0.3 is 16.2 Å². The maximum absolute atomic E-state index is 10.1. The fourth-order valence-corrected chi connectivity index (χ4v) is 3.43. The molecule has 26 heavy (non-hydrogen) atoms. The molecule has 0 atom stereocenters. The summed E-state index contributed by atoms with van der Waals surface area (Å²) in [5.74, 6) is 1.03. The predicted octanol–water partition coefficient (Wildman–Crippen LogP) is 2.96. The number of piperidine rings is 1. The van der Waals surface area contributed by atoms with E-state index in [-0.39, 0.29) is 5.75 Å². The quantitative estimate of drug-likeness (QED) is 0.674. The van der Waals surface area contributed by atoms with Crippen LogP contribution < -0.4 is 11.1 Å². The van der Waals surface area contributed by atoms with Gasteiger partial charge in [0.15, 0.2) is 5.82 Å². The highest BCUT2D eigenvalue weighted by molar-refractivity contribution is 5.77. The maximum atomic E-state index is 10.1. The number of nitrogen functional groups attached to an aromatic ring is 1. The van der Waals surface area contributed by atoms with E-state index in [9.17, 15) is 5.11 Å². The molecule has 1 saturated heterocycles. The van der Waals surface area contributed by atoms with Crippen molar-refractivity contribution in [1.82, 2.24) is 20.5 Å². The highest BCUT2D eigenvalue weighted by Crippen LogP contribution is 2.33. The first-order valence-corrected chi connectivity index (χ1v) is 8.81. The number of phenolic OH excluding ortho intramolecular Hbond substituents is 1. The van der Waals surface area contributed by atoms with E-state index in [2.05, 4.69) is 32.6 Å². The van der Waals surface area contributed by atoms with Gasteiger partial charge in [-0.25, -0.2) is 0 Å². The van der Waals surface area contributed by atoms with Crippen LogP contribution in [0.5, 0.6) is 5.75 Å². The van der Waals surface area contributed by atoms with Crippen LogP contribution in [0.1, 0.15) is 24.3 Å². The zero-order valence-electron chi connectivity index (χ0n) is 14.4. The highest BCUT2D eigenvalue weighted by atomic mass is 16.3. The molecule has 0 unspecified atom stereocenters. The van der Waals surface area contributed by atoms with Crippen molar-refractivity contribution in [3.05, 3.63) is 54.2 Å². The van der Waals surface area contributed by atoms with E-state index in [4.69, 9.17) is 5.73 Å². The van der Waals surface area contributed by atoms with Gasteiger partial charge in [0.2, 0.25) is 0 Å². The predicted molar refractivity (Wildman–Crippen MR) is 102 cm³/mol. The minimum absolute atomic E-state index is 0.161. The number of nitrogens with two attached hydrogens (primary N) is 1. The number of para-hydroxylation sites is 1. The largest absolute Gasteiger partial charge is 0.507 e. The molecule has 3 heterocycles. The monoisotopic (exact) mass is 347 g/mol. The van der Waals surface area contributed by atoms with Crippen molar-refractivity contribution in [3.8, 4) is 28.3 Å². The third-order valence-electron chi connectivity index (χ3n) is 4.87. The van der Waals surface area contributed by atoms with E-state index in [1.807, 2.05) is 18.3 Å². The van der Waals surface area contributed by atoms with Crippen LogP contribution in [-0.2, 0) is 0 Å². The number of aromatic hydroxyl groups is 1. The molecular formula is C20H21N5O. The van der Waals surface area contributed by atoms with Gasteiger partial charge in [-0.3, -0.25) is 4.98 Å². The zero-order chi connectivity index (χ0) is 17.9. The van der Waals surface area contributed by atoms with Crippen LogP contribution >= 0.6 is 0 Å². The molecule has 0 radical (unpaired) electrons. The Morgan fingerprint density at radius 1 is 0.962 bits per heavy atom. The van der Waals surface area contributed by atoms with Gasteiger partial charge in [-0.1, -0.05) is 12.1 Å². The van der Waals surface area contributed by atoms with Gasteiger partial charge in [-0.15, -0.1) is 10.2 Å². The summed E-state index contributed by atoms with van der Waals surface area (Å²) >= 11 is 0. The Balaban J connectivity index is 1.74. The van der Waals surface area contributed by atoms with E-state index in [0.29, 0.717) is 23.0 Å². The molecule has 0 saturated carbocycles. The second-order valence-corrected chi connectivity index (χ2v) is 6.54. The van der Waals surface area contributed by atoms with Crippen molar-refractivity contribution in [2.75, 3.05) is 18.8 Å². The van der Waals surface area contributed by atoms with Gasteiger partial charge in [0.25, 0.3) is 0 Å². The molecule has 0 bridgehead atoms. The summed E-state index contributed by atoms with van der Waals surface area (Å²) in [4.78, 5) is 4.50. The van der Waals surface area contributed by atoms with Gasteiger partial charge in [-0.05, 0) is 67.7 Å². The van der Waals surface area contributed by atoms with E-state index in [1.54, 1.807) is 18.2 Å². The van der Waals surface area contributed by atoms with Crippen molar-refractivity contribution < 1.29 is 5.11 Å². The molecule has 1 fully saturated rings. The number of pyridine rings is 1. The SMILES string of the molecule is Nc1nnc(-c2ccccc2O)cc1-c1cc(C2CCNCC2)ccn1. The summed E-state index contributed by atoms with van der Waals surface area (Å²) in [6.45, 7) is 2.08. The van der Waals surface area contributed by atoms with Gasteiger partial charge in [-0.2, -0.15) is 0 Å². The lowest BCUT2D eigenvalue weighted by Gasteiger charge is -2.23. The van der Waals surface area contributed by atoms with E-state index >= 15 is 0 Å². The Labute approximate surface area is 152 Å². The minimum atomic E-state index is 0.161. The lowest BCUT2D eigenvalue weighted by atomic mass is 9.90. The van der Waals surface area contributed by atoms with Gasteiger partial charge in [0, 0.05) is 17.3 Å². The van der Waals surface area contributed by atoms with Crippen molar-refractivity contribution in [3.63, 3.8) is 0 Å². The van der Waals surface area contributed by atoms with Crippen LogP contribution in [0.15, 0.2) is 48.7 Å². The standard InChI is InChI=1S/C20H21N5O/c21-20-16(12-18(24-25-20)15-3-1-2-4-19(15)26)17-11-14(7-10-23-17)13-5-8-22-9-6-13/h1-4,7,10-13,22,26H,5-6,8-9H2,(H2,21,25). The second kappa shape index (κ2) is 7.09. The zero-order valence-corrected chi connectivity index (χ0v) is 14.4. The molecular weight excluding hydrogens is 326 g/mol. The molecule has 2 aromatic heterocycles. The number of nitrogens with one attached hydrogen (secondary N) is 1. The summed E-state index contributed by atoms with van der Waals surface area (Å²) in [6.07, 6.45) is 4.07. The molecule has 6 heteroatoms. The Kier molecular flexibility index (Phi) is 4.50. The number of benzene rings is 1. The Morgan fingerprint density at radius 3 is 2.58 bits per heavy atom. The third-order valence-corrected chi connectivity index (χ3v) is 4.87. The summed E-state index contributed by atoms with van der Waals surface area (Å²) in [5, 5.41) is 21.7. The van der Waals surface area contributed by atoms with Gasteiger partial charge in [0.05, 0.1) is 11.4 Å². The van der Waals surface area contributed by atoms with Crippen LogP contribution in [0.25, 0.3) is 22.5 Å². The number of aromatic nitrogens is 3. The number of anilines is 1. The third kappa shape index (κ3) is 3.23. The topological polar surface area (TPSA) is 97.0 Å². The molecule has 1 aromatic carbocycles. The van der Waals surface area contributed by atoms with Gasteiger partial charge >= 0.3 is 0 Å². The Morgan fingerprint density at radius 2 is 1.77 bits per heavy atom. The van der Waals surface area contributed by atoms with E-state index in [0.717, 1.165) is 37.2 Å². The van der Waals surface area contributed by atoms with Crippen LogP contribution in [0.2, 0.25) is 0 Å². The van der Waals surface area contributed by atoms with Crippen LogP contribution in [-0.4, -0.2) is 33.4 Å².